The van der Waals surface area contributed by atoms with Gasteiger partial charge in [-0.3, -0.25) is 9.59 Å². The van der Waals surface area contributed by atoms with Gasteiger partial charge in [-0.15, -0.1) is 0 Å². The fourth-order valence-electron chi connectivity index (χ4n) is 2.47. The molecule has 5 N–H and O–H groups in total. The monoisotopic (exact) mass is 317 g/mol. The van der Waals surface area contributed by atoms with Crippen LogP contribution in [0.25, 0.3) is 0 Å². The third-order valence-corrected chi connectivity index (χ3v) is 3.50. The van der Waals surface area contributed by atoms with Gasteiger partial charge >= 0.3 is 11.8 Å². The van der Waals surface area contributed by atoms with Crippen molar-refractivity contribution in [2.75, 3.05) is 5.73 Å². The maximum absolute atomic E-state index is 12.3. The number of aromatic nitrogens is 4. The van der Waals surface area contributed by atoms with Crippen molar-refractivity contribution in [3.8, 4) is 0 Å². The number of fused-ring (bicyclic) bond motifs is 1. The molecule has 2 heterocycles. The molecule has 0 aliphatic heterocycles. The number of nitrogen functional groups attached to an aromatic ring is 1. The van der Waals surface area contributed by atoms with Gasteiger partial charge < -0.3 is 21.3 Å². The van der Waals surface area contributed by atoms with E-state index in [-0.39, 0.29) is 29.9 Å². The number of hydrogen-bond donors (Lipinski definition) is 3. The lowest BCUT2D eigenvalue weighted by atomic mass is 9.94. The Hall–Kier alpha value is -3.04. The lowest BCUT2D eigenvalue weighted by molar-refractivity contribution is 0.0939. The van der Waals surface area contributed by atoms with E-state index >= 15 is 0 Å². The minimum absolute atomic E-state index is 0.0195. The number of nitrogens with zero attached hydrogens (tertiary/aromatic N) is 4. The lowest BCUT2D eigenvalue weighted by Gasteiger charge is -2.17. The summed E-state index contributed by atoms with van der Waals surface area (Å²) in [5.41, 5.74) is 12.6. The van der Waals surface area contributed by atoms with Crippen LogP contribution in [0.1, 0.15) is 51.1 Å². The summed E-state index contributed by atoms with van der Waals surface area (Å²) in [4.78, 5) is 35.2. The van der Waals surface area contributed by atoms with E-state index < -0.39 is 11.8 Å². The molecule has 0 bridgehead atoms. The van der Waals surface area contributed by atoms with Gasteiger partial charge in [-0.05, 0) is 25.7 Å². The van der Waals surface area contributed by atoms with E-state index in [1.54, 1.807) is 0 Å². The molecule has 23 heavy (non-hydrogen) atoms. The van der Waals surface area contributed by atoms with Gasteiger partial charge in [-0.2, -0.15) is 4.98 Å². The second-order valence-electron chi connectivity index (χ2n) is 5.13. The Labute approximate surface area is 130 Å². The first-order valence-corrected chi connectivity index (χ1v) is 7.10. The van der Waals surface area contributed by atoms with Crippen molar-refractivity contribution in [3.05, 3.63) is 28.7 Å². The number of amides is 2. The van der Waals surface area contributed by atoms with Gasteiger partial charge in [0.15, 0.2) is 5.82 Å². The van der Waals surface area contributed by atoms with Gasteiger partial charge in [0.05, 0.1) is 6.54 Å². The lowest BCUT2D eigenvalue weighted by Crippen LogP contribution is -2.28. The van der Waals surface area contributed by atoms with Crippen molar-refractivity contribution in [1.82, 2.24) is 25.4 Å². The summed E-state index contributed by atoms with van der Waals surface area (Å²) in [6, 6.07) is 0. The second kappa shape index (κ2) is 5.99. The number of carbonyl (C=O) groups is 2. The van der Waals surface area contributed by atoms with Gasteiger partial charge in [0.25, 0.3) is 5.91 Å². The molecule has 1 aliphatic carbocycles. The van der Waals surface area contributed by atoms with E-state index in [0.29, 0.717) is 0 Å². The second-order valence-corrected chi connectivity index (χ2v) is 5.13. The maximum atomic E-state index is 12.3. The molecule has 0 saturated heterocycles. The average Bonchev–Trinajstić information content (AvgIpc) is 3.01. The number of primary amides is 1. The first kappa shape index (κ1) is 14.9. The molecule has 120 valence electrons. The van der Waals surface area contributed by atoms with Crippen LogP contribution in [0.3, 0.4) is 0 Å². The van der Waals surface area contributed by atoms with Crippen molar-refractivity contribution in [2.24, 2.45) is 5.73 Å². The molecule has 2 aromatic heterocycles. The SMILES string of the molecule is NC(=O)c1nc(CNC(=O)c2nc(N)nc3c2CCCC3)no1. The van der Waals surface area contributed by atoms with Crippen LogP contribution in [0.4, 0.5) is 5.95 Å². The van der Waals surface area contributed by atoms with Gasteiger partial charge in [0.1, 0.15) is 5.69 Å². The summed E-state index contributed by atoms with van der Waals surface area (Å²) in [6.45, 7) is -0.0195. The van der Waals surface area contributed by atoms with Crippen LogP contribution in [0, 0.1) is 0 Å². The van der Waals surface area contributed by atoms with Gasteiger partial charge in [0, 0.05) is 11.3 Å². The zero-order chi connectivity index (χ0) is 16.4. The Morgan fingerprint density at radius 2 is 1.96 bits per heavy atom. The van der Waals surface area contributed by atoms with Gasteiger partial charge in [-0.25, -0.2) is 9.97 Å². The molecule has 2 amide bonds. The molecular formula is C13H15N7O3. The van der Waals surface area contributed by atoms with E-state index in [2.05, 4.69) is 29.9 Å². The summed E-state index contributed by atoms with van der Waals surface area (Å²) < 4.78 is 4.64. The van der Waals surface area contributed by atoms with E-state index in [1.165, 1.54) is 0 Å². The summed E-state index contributed by atoms with van der Waals surface area (Å²) in [6.07, 6.45) is 3.53. The highest BCUT2D eigenvalue weighted by Gasteiger charge is 2.22. The predicted octanol–water partition coefficient (Wildman–Crippen LogP) is -0.651. The van der Waals surface area contributed by atoms with E-state index in [0.717, 1.165) is 36.9 Å². The Bertz CT molecular complexity index is 771. The molecule has 0 atom stereocenters. The fourth-order valence-corrected chi connectivity index (χ4v) is 2.47. The Balaban J connectivity index is 1.75. The minimum Gasteiger partial charge on any atom is -0.368 e. The molecule has 0 saturated carbocycles. The average molecular weight is 317 g/mol. The molecule has 0 unspecified atom stereocenters. The van der Waals surface area contributed by atoms with Crippen LogP contribution in [0.15, 0.2) is 4.52 Å². The first-order valence-electron chi connectivity index (χ1n) is 7.10. The van der Waals surface area contributed by atoms with Crippen molar-refractivity contribution in [2.45, 2.75) is 32.2 Å². The molecule has 0 radical (unpaired) electrons. The first-order chi connectivity index (χ1) is 11.0. The van der Waals surface area contributed by atoms with Crippen LogP contribution in [0.5, 0.6) is 0 Å². The number of rotatable bonds is 4. The highest BCUT2D eigenvalue weighted by Crippen LogP contribution is 2.22. The highest BCUT2D eigenvalue weighted by molar-refractivity contribution is 5.94. The van der Waals surface area contributed by atoms with E-state index in [9.17, 15) is 9.59 Å². The number of aryl methyl sites for hydroxylation is 1. The highest BCUT2D eigenvalue weighted by atomic mass is 16.5. The van der Waals surface area contributed by atoms with Gasteiger partial charge in [-0.1, -0.05) is 5.16 Å². The largest absolute Gasteiger partial charge is 0.368 e. The summed E-state index contributed by atoms with van der Waals surface area (Å²) in [5, 5.41) is 6.17. The summed E-state index contributed by atoms with van der Waals surface area (Å²) in [7, 11) is 0. The molecule has 0 spiro atoms. The number of carbonyl (C=O) groups excluding carboxylic acids is 2. The third kappa shape index (κ3) is 3.10. The third-order valence-electron chi connectivity index (χ3n) is 3.50. The maximum Gasteiger partial charge on any atom is 0.315 e. The summed E-state index contributed by atoms with van der Waals surface area (Å²) in [5.74, 6) is -1.32. The smallest absolute Gasteiger partial charge is 0.315 e. The van der Waals surface area contributed by atoms with Crippen molar-refractivity contribution < 1.29 is 14.1 Å². The van der Waals surface area contributed by atoms with Crippen LogP contribution in [-0.4, -0.2) is 31.9 Å². The molecule has 3 rings (SSSR count). The molecule has 10 heteroatoms. The zero-order valence-electron chi connectivity index (χ0n) is 12.2. The predicted molar refractivity (Wildman–Crippen MR) is 77.1 cm³/mol. The van der Waals surface area contributed by atoms with E-state index in [4.69, 9.17) is 11.5 Å². The Morgan fingerprint density at radius 1 is 1.17 bits per heavy atom. The Kier molecular flexibility index (Phi) is 3.87. The number of anilines is 1. The molecule has 10 nitrogen and oxygen atoms in total. The number of hydrogen-bond acceptors (Lipinski definition) is 8. The molecular weight excluding hydrogens is 302 g/mol. The van der Waals surface area contributed by atoms with Crippen molar-refractivity contribution in [1.29, 1.82) is 0 Å². The zero-order valence-corrected chi connectivity index (χ0v) is 12.2. The van der Waals surface area contributed by atoms with Crippen molar-refractivity contribution >= 4 is 17.8 Å². The summed E-state index contributed by atoms with van der Waals surface area (Å²) >= 11 is 0. The Morgan fingerprint density at radius 3 is 2.70 bits per heavy atom. The number of nitrogens with one attached hydrogen (secondary N) is 1. The topological polar surface area (TPSA) is 163 Å². The van der Waals surface area contributed by atoms with Crippen LogP contribution in [0.2, 0.25) is 0 Å². The molecule has 0 aromatic carbocycles. The molecule has 1 aliphatic rings. The van der Waals surface area contributed by atoms with Crippen LogP contribution < -0.4 is 16.8 Å². The number of nitrogens with two attached hydrogens (primary N) is 2. The van der Waals surface area contributed by atoms with Crippen LogP contribution in [-0.2, 0) is 19.4 Å². The normalized spacial score (nSPS) is 13.4. The van der Waals surface area contributed by atoms with Gasteiger partial charge in [0.2, 0.25) is 5.95 Å². The molecule has 2 aromatic rings. The quantitative estimate of drug-likeness (QED) is 0.669. The van der Waals surface area contributed by atoms with Crippen LogP contribution >= 0.6 is 0 Å². The minimum atomic E-state index is -0.826. The molecule has 0 fully saturated rings. The fraction of sp³-hybridized carbons (Fsp3) is 0.385. The van der Waals surface area contributed by atoms with Crippen molar-refractivity contribution in [3.63, 3.8) is 0 Å². The standard InChI is InChI=1S/C13H15N7O3/c14-10(21)12-18-8(20-23-12)5-16-11(22)9-6-3-1-2-4-7(6)17-13(15)19-9/h1-5H2,(H2,14,21)(H,16,22)(H2,15,17,19). The van der Waals surface area contributed by atoms with E-state index in [1.807, 2.05) is 0 Å².